The fraction of sp³-hybridized carbons (Fsp3) is 0.308. The molecule has 2 aromatic carbocycles. The molecule has 4 rings (SSSR count). The van der Waals surface area contributed by atoms with Crippen LogP contribution in [0.3, 0.4) is 0 Å². The van der Waals surface area contributed by atoms with Crippen LogP contribution < -0.4 is 5.32 Å². The van der Waals surface area contributed by atoms with Gasteiger partial charge in [-0.3, -0.25) is 4.79 Å². The fourth-order valence-corrected chi connectivity index (χ4v) is 4.84. The van der Waals surface area contributed by atoms with Gasteiger partial charge < -0.3 is 10.1 Å². The highest BCUT2D eigenvalue weighted by atomic mass is 35.5. The molecule has 1 aliphatic carbocycles. The highest BCUT2D eigenvalue weighted by Gasteiger charge is 2.43. The van der Waals surface area contributed by atoms with Gasteiger partial charge in [0.2, 0.25) is 0 Å². The average molecular weight is 470 g/mol. The van der Waals surface area contributed by atoms with Gasteiger partial charge in [0.05, 0.1) is 15.6 Å². The molecule has 2 aliphatic rings. The molecule has 4 nitrogen and oxygen atoms in total. The minimum absolute atomic E-state index is 0.0284. The van der Waals surface area contributed by atoms with Crippen LogP contribution in [0.2, 0.25) is 10.0 Å². The normalized spacial score (nSPS) is 20.0. The highest BCUT2D eigenvalue weighted by molar-refractivity contribution is 6.42. The van der Waals surface area contributed by atoms with E-state index in [-0.39, 0.29) is 17.8 Å². The number of Topliss-reactive ketones (excluding diaryl/α,β-unsaturated/α-hetero) is 1. The van der Waals surface area contributed by atoms with Crippen molar-refractivity contribution >= 4 is 35.0 Å². The molecule has 2 aromatic rings. The summed E-state index contributed by atoms with van der Waals surface area (Å²) in [6, 6.07) is 14.8. The van der Waals surface area contributed by atoms with Gasteiger partial charge in [-0.25, -0.2) is 4.79 Å². The molecule has 0 spiro atoms. The van der Waals surface area contributed by atoms with Gasteiger partial charge in [-0.05, 0) is 42.0 Å². The average Bonchev–Trinajstić information content (AvgIpc) is 2.73. The first kappa shape index (κ1) is 22.6. The number of ketones is 1. The maximum atomic E-state index is 13.3. The van der Waals surface area contributed by atoms with E-state index in [2.05, 4.69) is 19.2 Å². The SMILES string of the molecule is CC1=C(C(=O)OCc2ccccc2)C(c2ccc(Cl)c(Cl)c2)C2=C(CC(C)(C)CC2=O)N1. The third kappa shape index (κ3) is 4.48. The lowest BCUT2D eigenvalue weighted by molar-refractivity contribution is -0.140. The second-order valence-corrected chi connectivity index (χ2v) is 9.98. The molecule has 1 aliphatic heterocycles. The molecule has 0 radical (unpaired) electrons. The molecule has 166 valence electrons. The van der Waals surface area contributed by atoms with Crippen molar-refractivity contribution in [3.8, 4) is 0 Å². The maximum Gasteiger partial charge on any atom is 0.337 e. The minimum atomic E-state index is -0.562. The summed E-state index contributed by atoms with van der Waals surface area (Å²) in [6.45, 7) is 6.15. The molecule has 1 unspecified atom stereocenters. The van der Waals surface area contributed by atoms with Gasteiger partial charge in [-0.15, -0.1) is 0 Å². The molecule has 0 amide bonds. The van der Waals surface area contributed by atoms with Gasteiger partial charge in [0.25, 0.3) is 0 Å². The summed E-state index contributed by atoms with van der Waals surface area (Å²) in [4.78, 5) is 26.6. The molecule has 0 saturated heterocycles. The van der Waals surface area contributed by atoms with Crippen molar-refractivity contribution in [1.29, 1.82) is 0 Å². The standard InChI is InChI=1S/C26H25Cl2NO3/c1-15-22(25(31)32-14-16-7-5-4-6-8-16)23(17-9-10-18(27)19(28)11-17)24-20(29-15)12-26(2,3)13-21(24)30/h4-11,23,29H,12-14H2,1-3H3. The van der Waals surface area contributed by atoms with Crippen molar-refractivity contribution in [2.75, 3.05) is 0 Å². The predicted octanol–water partition coefficient (Wildman–Crippen LogP) is 6.34. The van der Waals surface area contributed by atoms with Crippen molar-refractivity contribution in [3.63, 3.8) is 0 Å². The van der Waals surface area contributed by atoms with E-state index in [1.54, 1.807) is 12.1 Å². The Morgan fingerprint density at radius 2 is 1.81 bits per heavy atom. The Morgan fingerprint density at radius 3 is 2.50 bits per heavy atom. The van der Waals surface area contributed by atoms with Gasteiger partial charge in [-0.1, -0.05) is 73.4 Å². The largest absolute Gasteiger partial charge is 0.457 e. The number of halogens is 2. The van der Waals surface area contributed by atoms with Crippen LogP contribution in [-0.2, 0) is 20.9 Å². The molecule has 0 saturated carbocycles. The number of rotatable bonds is 4. The van der Waals surface area contributed by atoms with Gasteiger partial charge in [-0.2, -0.15) is 0 Å². The first-order chi connectivity index (χ1) is 15.2. The highest BCUT2D eigenvalue weighted by Crippen LogP contribution is 2.47. The number of ether oxygens (including phenoxy) is 1. The van der Waals surface area contributed by atoms with E-state index in [1.807, 2.05) is 43.3 Å². The zero-order chi connectivity index (χ0) is 23.0. The molecule has 0 aromatic heterocycles. The molecular weight excluding hydrogens is 445 g/mol. The number of dihydropyridines is 1. The number of carbonyl (C=O) groups is 2. The first-order valence-electron chi connectivity index (χ1n) is 10.6. The van der Waals surface area contributed by atoms with Crippen LogP contribution in [0.15, 0.2) is 71.1 Å². The number of nitrogens with one attached hydrogen (secondary N) is 1. The molecule has 0 fully saturated rings. The van der Waals surface area contributed by atoms with Crippen LogP contribution in [0.5, 0.6) is 0 Å². The number of hydrogen-bond acceptors (Lipinski definition) is 4. The quantitative estimate of drug-likeness (QED) is 0.530. The zero-order valence-corrected chi connectivity index (χ0v) is 19.8. The van der Waals surface area contributed by atoms with Gasteiger partial charge in [0.1, 0.15) is 6.61 Å². The second kappa shape index (κ2) is 8.76. The fourth-order valence-electron chi connectivity index (χ4n) is 4.53. The summed E-state index contributed by atoms with van der Waals surface area (Å²) in [5, 5.41) is 4.14. The van der Waals surface area contributed by atoms with E-state index < -0.39 is 11.9 Å². The number of carbonyl (C=O) groups excluding carboxylic acids is 2. The minimum Gasteiger partial charge on any atom is -0.457 e. The lowest BCUT2D eigenvalue weighted by atomic mass is 9.68. The van der Waals surface area contributed by atoms with Gasteiger partial charge >= 0.3 is 5.97 Å². The Kier molecular flexibility index (Phi) is 6.19. The number of benzene rings is 2. The molecule has 1 heterocycles. The molecule has 1 atom stereocenters. The molecule has 6 heteroatoms. The second-order valence-electron chi connectivity index (χ2n) is 9.17. The van der Waals surface area contributed by atoms with Crippen molar-refractivity contribution < 1.29 is 14.3 Å². The zero-order valence-electron chi connectivity index (χ0n) is 18.3. The lowest BCUT2D eigenvalue weighted by Gasteiger charge is -2.39. The summed E-state index contributed by atoms with van der Waals surface area (Å²) in [5.41, 5.74) is 4.06. The van der Waals surface area contributed by atoms with Crippen LogP contribution in [-0.4, -0.2) is 11.8 Å². The van der Waals surface area contributed by atoms with Crippen LogP contribution >= 0.6 is 23.2 Å². The Morgan fingerprint density at radius 1 is 1.09 bits per heavy atom. The van der Waals surface area contributed by atoms with Crippen LogP contribution in [0.25, 0.3) is 0 Å². The number of allylic oxidation sites excluding steroid dienone is 3. The number of esters is 1. The topological polar surface area (TPSA) is 55.4 Å². The Bertz CT molecular complexity index is 1150. The molecular formula is C26H25Cl2NO3. The number of hydrogen-bond donors (Lipinski definition) is 1. The Hall–Kier alpha value is -2.56. The van der Waals surface area contributed by atoms with Crippen molar-refractivity contribution in [2.24, 2.45) is 5.41 Å². The van der Waals surface area contributed by atoms with E-state index >= 15 is 0 Å². The third-order valence-electron chi connectivity index (χ3n) is 5.95. The van der Waals surface area contributed by atoms with Crippen molar-refractivity contribution in [1.82, 2.24) is 5.32 Å². The lowest BCUT2D eigenvalue weighted by Crippen LogP contribution is -2.38. The van der Waals surface area contributed by atoms with Gasteiger partial charge in [0.15, 0.2) is 5.78 Å². The monoisotopic (exact) mass is 469 g/mol. The van der Waals surface area contributed by atoms with E-state index in [0.717, 1.165) is 23.2 Å². The summed E-state index contributed by atoms with van der Waals surface area (Å²) in [5.74, 6) is -0.993. The van der Waals surface area contributed by atoms with Crippen molar-refractivity contribution in [3.05, 3.63) is 92.2 Å². The molecule has 32 heavy (non-hydrogen) atoms. The predicted molar refractivity (Wildman–Crippen MR) is 126 cm³/mol. The Labute approximate surface area is 198 Å². The van der Waals surface area contributed by atoms with Crippen LogP contribution in [0.1, 0.15) is 50.7 Å². The Balaban J connectivity index is 1.76. The van der Waals surface area contributed by atoms with E-state index in [9.17, 15) is 9.59 Å². The summed E-state index contributed by atoms with van der Waals surface area (Å²) < 4.78 is 5.67. The van der Waals surface area contributed by atoms with Crippen LogP contribution in [0, 0.1) is 5.41 Å². The summed E-state index contributed by atoms with van der Waals surface area (Å²) in [7, 11) is 0. The third-order valence-corrected chi connectivity index (χ3v) is 6.69. The summed E-state index contributed by atoms with van der Waals surface area (Å²) >= 11 is 12.5. The van der Waals surface area contributed by atoms with E-state index in [4.69, 9.17) is 27.9 Å². The molecule has 1 N–H and O–H groups in total. The van der Waals surface area contributed by atoms with Crippen LogP contribution in [0.4, 0.5) is 0 Å². The smallest absolute Gasteiger partial charge is 0.337 e. The van der Waals surface area contributed by atoms with Gasteiger partial charge in [0, 0.05) is 29.3 Å². The summed E-state index contributed by atoms with van der Waals surface area (Å²) in [6.07, 6.45) is 1.13. The first-order valence-corrected chi connectivity index (χ1v) is 11.3. The van der Waals surface area contributed by atoms with E-state index in [1.165, 1.54) is 0 Å². The van der Waals surface area contributed by atoms with Crippen molar-refractivity contribution in [2.45, 2.75) is 46.1 Å². The maximum absolute atomic E-state index is 13.3. The molecule has 0 bridgehead atoms. The van der Waals surface area contributed by atoms with E-state index in [0.29, 0.717) is 33.3 Å².